The second-order valence-corrected chi connectivity index (χ2v) is 6.32. The Labute approximate surface area is 167 Å². The molecular weight excluding hydrogens is 369 g/mol. The molecule has 0 saturated carbocycles. The van der Waals surface area contributed by atoms with Crippen LogP contribution in [-0.4, -0.2) is 17.1 Å². The Kier molecular flexibility index (Phi) is 5.04. The molecule has 6 heteroatoms. The van der Waals surface area contributed by atoms with E-state index in [0.29, 0.717) is 27.8 Å². The van der Waals surface area contributed by atoms with Crippen molar-refractivity contribution in [2.75, 3.05) is 7.11 Å². The predicted octanol–water partition coefficient (Wildman–Crippen LogP) is 4.90. The van der Waals surface area contributed by atoms with Gasteiger partial charge < -0.3 is 9.47 Å². The van der Waals surface area contributed by atoms with Crippen LogP contribution in [0, 0.1) is 17.1 Å². The second-order valence-electron chi connectivity index (χ2n) is 6.32. The summed E-state index contributed by atoms with van der Waals surface area (Å²) in [4.78, 5) is 8.59. The Morgan fingerprint density at radius 1 is 1.10 bits per heavy atom. The van der Waals surface area contributed by atoms with Gasteiger partial charge in [-0.2, -0.15) is 5.26 Å². The number of pyridine rings is 2. The zero-order valence-corrected chi connectivity index (χ0v) is 15.6. The third kappa shape index (κ3) is 3.71. The molecule has 0 N–H and O–H groups in total. The molecule has 29 heavy (non-hydrogen) atoms. The van der Waals surface area contributed by atoms with Gasteiger partial charge in [-0.3, -0.25) is 4.98 Å². The van der Waals surface area contributed by atoms with Crippen LogP contribution >= 0.6 is 0 Å². The van der Waals surface area contributed by atoms with E-state index in [1.54, 1.807) is 49.8 Å². The summed E-state index contributed by atoms with van der Waals surface area (Å²) < 4.78 is 25.1. The maximum absolute atomic E-state index is 13.9. The van der Waals surface area contributed by atoms with E-state index in [9.17, 15) is 9.65 Å². The van der Waals surface area contributed by atoms with Crippen molar-refractivity contribution in [2.24, 2.45) is 0 Å². The van der Waals surface area contributed by atoms with Crippen LogP contribution in [0.15, 0.2) is 67.0 Å². The summed E-state index contributed by atoms with van der Waals surface area (Å²) in [5.74, 6) is 0.412. The van der Waals surface area contributed by atoms with Crippen molar-refractivity contribution in [3.05, 3.63) is 83.9 Å². The van der Waals surface area contributed by atoms with Crippen molar-refractivity contribution >= 4 is 10.9 Å². The lowest BCUT2D eigenvalue weighted by Crippen LogP contribution is -2.02. The molecule has 2 heterocycles. The lowest BCUT2D eigenvalue weighted by Gasteiger charge is -2.15. The van der Waals surface area contributed by atoms with Crippen LogP contribution in [0.1, 0.15) is 11.1 Å². The van der Waals surface area contributed by atoms with Gasteiger partial charge in [0.1, 0.15) is 29.8 Å². The number of fused-ring (bicyclic) bond motifs is 1. The standard InChI is InChI=1S/C23H16FN3O2/c1-28-18-7-8-21-19(11-18)22(16-5-2-6-17(24)10-16)20(12-25)23(27-21)29-14-15-4-3-9-26-13-15/h2-11,13H,14H2,1H3. The Balaban J connectivity index is 1.92. The van der Waals surface area contributed by atoms with Crippen LogP contribution in [0.2, 0.25) is 0 Å². The number of hydrogen-bond acceptors (Lipinski definition) is 5. The molecule has 0 aliphatic carbocycles. The van der Waals surface area contributed by atoms with Gasteiger partial charge in [-0.25, -0.2) is 9.37 Å². The predicted molar refractivity (Wildman–Crippen MR) is 107 cm³/mol. The average molecular weight is 385 g/mol. The molecular formula is C23H16FN3O2. The number of nitriles is 1. The molecule has 0 aliphatic heterocycles. The smallest absolute Gasteiger partial charge is 0.233 e. The molecule has 0 amide bonds. The van der Waals surface area contributed by atoms with Crippen LogP contribution in [0.25, 0.3) is 22.0 Å². The fourth-order valence-electron chi connectivity index (χ4n) is 3.13. The molecule has 0 fully saturated rings. The SMILES string of the molecule is COc1ccc2nc(OCc3cccnc3)c(C#N)c(-c3cccc(F)c3)c2c1. The van der Waals surface area contributed by atoms with Crippen molar-refractivity contribution in [1.82, 2.24) is 9.97 Å². The summed E-state index contributed by atoms with van der Waals surface area (Å²) in [6.07, 6.45) is 3.36. The van der Waals surface area contributed by atoms with Crippen LogP contribution in [0.4, 0.5) is 4.39 Å². The molecule has 0 saturated heterocycles. The zero-order chi connectivity index (χ0) is 20.2. The molecule has 0 unspecified atom stereocenters. The Morgan fingerprint density at radius 3 is 2.72 bits per heavy atom. The monoisotopic (exact) mass is 385 g/mol. The molecule has 0 atom stereocenters. The number of benzene rings is 2. The van der Waals surface area contributed by atoms with Crippen molar-refractivity contribution in [3.63, 3.8) is 0 Å². The normalized spacial score (nSPS) is 10.5. The number of halogens is 1. The van der Waals surface area contributed by atoms with Gasteiger partial charge in [0.05, 0.1) is 12.6 Å². The second kappa shape index (κ2) is 7.95. The molecule has 142 valence electrons. The molecule has 0 radical (unpaired) electrons. The molecule has 2 aromatic heterocycles. The highest BCUT2D eigenvalue weighted by molar-refractivity contribution is 5.99. The quantitative estimate of drug-likeness (QED) is 0.489. The first-order valence-electron chi connectivity index (χ1n) is 8.89. The molecule has 0 spiro atoms. The first-order valence-corrected chi connectivity index (χ1v) is 8.89. The molecule has 5 nitrogen and oxygen atoms in total. The topological polar surface area (TPSA) is 68.0 Å². The zero-order valence-electron chi connectivity index (χ0n) is 15.6. The molecule has 0 bridgehead atoms. The fraction of sp³-hybridized carbons (Fsp3) is 0.0870. The largest absolute Gasteiger partial charge is 0.497 e. The van der Waals surface area contributed by atoms with E-state index in [1.807, 2.05) is 12.1 Å². The summed E-state index contributed by atoms with van der Waals surface area (Å²) in [7, 11) is 1.56. The third-order valence-corrected chi connectivity index (χ3v) is 4.48. The Morgan fingerprint density at radius 2 is 2.00 bits per heavy atom. The number of aromatic nitrogens is 2. The van der Waals surface area contributed by atoms with Gasteiger partial charge in [-0.1, -0.05) is 18.2 Å². The summed E-state index contributed by atoms with van der Waals surface area (Å²) in [5, 5.41) is 10.6. The number of hydrogen-bond donors (Lipinski definition) is 0. The maximum atomic E-state index is 13.9. The van der Waals surface area contributed by atoms with Crippen LogP contribution in [0.3, 0.4) is 0 Å². The van der Waals surface area contributed by atoms with E-state index in [0.717, 1.165) is 5.56 Å². The van der Waals surface area contributed by atoms with E-state index >= 15 is 0 Å². The summed E-state index contributed by atoms with van der Waals surface area (Å²) in [6.45, 7) is 0.208. The summed E-state index contributed by atoms with van der Waals surface area (Å²) in [6, 6.07) is 17.3. The van der Waals surface area contributed by atoms with E-state index in [2.05, 4.69) is 16.0 Å². The van der Waals surface area contributed by atoms with Crippen molar-refractivity contribution in [2.45, 2.75) is 6.61 Å². The number of nitrogens with zero attached hydrogens (tertiary/aromatic N) is 3. The number of rotatable bonds is 5. The minimum Gasteiger partial charge on any atom is -0.497 e. The Bertz CT molecular complexity index is 1220. The lowest BCUT2D eigenvalue weighted by atomic mass is 9.96. The van der Waals surface area contributed by atoms with Gasteiger partial charge in [0.15, 0.2) is 0 Å². The Hall–Kier alpha value is -3.98. The van der Waals surface area contributed by atoms with Gasteiger partial charge in [0, 0.05) is 28.9 Å². The fourth-order valence-corrected chi connectivity index (χ4v) is 3.13. The van der Waals surface area contributed by atoms with Gasteiger partial charge in [0.2, 0.25) is 5.88 Å². The molecule has 4 rings (SSSR count). The lowest BCUT2D eigenvalue weighted by molar-refractivity contribution is 0.294. The average Bonchev–Trinajstić information content (AvgIpc) is 2.76. The highest BCUT2D eigenvalue weighted by Crippen LogP contribution is 2.37. The van der Waals surface area contributed by atoms with Crippen molar-refractivity contribution in [3.8, 4) is 28.8 Å². The van der Waals surface area contributed by atoms with Crippen LogP contribution < -0.4 is 9.47 Å². The van der Waals surface area contributed by atoms with E-state index < -0.39 is 5.82 Å². The van der Waals surface area contributed by atoms with Crippen molar-refractivity contribution in [1.29, 1.82) is 5.26 Å². The molecule has 0 aliphatic rings. The highest BCUT2D eigenvalue weighted by atomic mass is 19.1. The van der Waals surface area contributed by atoms with Gasteiger partial charge in [-0.15, -0.1) is 0 Å². The van der Waals surface area contributed by atoms with E-state index in [-0.39, 0.29) is 18.1 Å². The number of ether oxygens (including phenoxy) is 2. The van der Waals surface area contributed by atoms with E-state index in [4.69, 9.17) is 9.47 Å². The minimum absolute atomic E-state index is 0.188. The summed E-state index contributed by atoms with van der Waals surface area (Å²) >= 11 is 0. The summed E-state index contributed by atoms with van der Waals surface area (Å²) in [5.41, 5.74) is 2.82. The minimum atomic E-state index is -0.392. The first-order chi connectivity index (χ1) is 14.2. The third-order valence-electron chi connectivity index (χ3n) is 4.48. The molecule has 4 aromatic rings. The number of methoxy groups -OCH3 is 1. The van der Waals surface area contributed by atoms with Crippen molar-refractivity contribution < 1.29 is 13.9 Å². The molecule has 2 aromatic carbocycles. The van der Waals surface area contributed by atoms with Gasteiger partial charge in [0.25, 0.3) is 0 Å². The highest BCUT2D eigenvalue weighted by Gasteiger charge is 2.19. The van der Waals surface area contributed by atoms with Crippen LogP contribution in [0.5, 0.6) is 11.6 Å². The first kappa shape index (κ1) is 18.4. The van der Waals surface area contributed by atoms with Gasteiger partial charge >= 0.3 is 0 Å². The van der Waals surface area contributed by atoms with Gasteiger partial charge in [-0.05, 0) is 42.0 Å². The maximum Gasteiger partial charge on any atom is 0.233 e. The van der Waals surface area contributed by atoms with E-state index in [1.165, 1.54) is 12.1 Å². The van der Waals surface area contributed by atoms with Crippen LogP contribution in [-0.2, 0) is 6.61 Å².